The number of para-hydroxylation sites is 1. The van der Waals surface area contributed by atoms with E-state index in [4.69, 9.17) is 4.98 Å². The van der Waals surface area contributed by atoms with Gasteiger partial charge >= 0.3 is 0 Å². The van der Waals surface area contributed by atoms with Crippen molar-refractivity contribution in [1.82, 2.24) is 19.9 Å². The fourth-order valence-electron chi connectivity index (χ4n) is 3.84. The molecule has 1 N–H and O–H groups in total. The summed E-state index contributed by atoms with van der Waals surface area (Å²) in [4.78, 5) is 17.8. The molecule has 33 heavy (non-hydrogen) atoms. The van der Waals surface area contributed by atoms with Gasteiger partial charge in [-0.2, -0.15) is 0 Å². The molecule has 0 spiro atoms. The third-order valence-corrected chi connectivity index (χ3v) is 5.49. The molecule has 0 unspecified atom stereocenters. The van der Waals surface area contributed by atoms with E-state index in [1.807, 2.05) is 68.4 Å². The molecule has 0 fully saturated rings. The van der Waals surface area contributed by atoms with Gasteiger partial charge in [-0.3, -0.25) is 15.0 Å². The minimum absolute atomic E-state index is 0.255. The van der Waals surface area contributed by atoms with Gasteiger partial charge in [0.15, 0.2) is 0 Å². The molecule has 5 nitrogen and oxygen atoms in total. The van der Waals surface area contributed by atoms with Crippen molar-refractivity contribution >= 4 is 16.7 Å². The second-order valence-electron chi connectivity index (χ2n) is 7.97. The number of hydrogen-bond donors (Lipinski definition) is 1. The summed E-state index contributed by atoms with van der Waals surface area (Å²) in [5.74, 6) is -0.255. The Hall–Kier alpha value is -4.19. The molecule has 0 radical (unpaired) electrons. The van der Waals surface area contributed by atoms with Gasteiger partial charge in [-0.25, -0.2) is 9.37 Å². The third kappa shape index (κ3) is 4.41. The highest BCUT2D eigenvalue weighted by Gasteiger charge is 2.09. The lowest BCUT2D eigenvalue weighted by Crippen LogP contribution is -2.02. The summed E-state index contributed by atoms with van der Waals surface area (Å²) in [6.07, 6.45) is 5.24. The van der Waals surface area contributed by atoms with Crippen molar-refractivity contribution in [2.24, 2.45) is 0 Å². The van der Waals surface area contributed by atoms with Crippen LogP contribution >= 0.6 is 0 Å². The highest BCUT2D eigenvalue weighted by molar-refractivity contribution is 5.88. The zero-order valence-corrected chi connectivity index (χ0v) is 18.4. The van der Waals surface area contributed by atoms with Gasteiger partial charge in [0.05, 0.1) is 23.1 Å². The summed E-state index contributed by atoms with van der Waals surface area (Å²) in [6.45, 7) is 4.32. The summed E-state index contributed by atoms with van der Waals surface area (Å²) in [6, 6.07) is 18.8. The monoisotopic (exact) mass is 435 g/mol. The van der Waals surface area contributed by atoms with E-state index in [0.717, 1.165) is 50.5 Å². The van der Waals surface area contributed by atoms with Crippen molar-refractivity contribution in [1.29, 1.82) is 0 Å². The molecular weight excluding hydrogens is 413 g/mol. The number of aryl methyl sites for hydroxylation is 2. The number of nitrogens with zero attached hydrogens (tertiary/aromatic N) is 4. The maximum absolute atomic E-state index is 14.8. The van der Waals surface area contributed by atoms with Gasteiger partial charge in [-0.15, -0.1) is 0 Å². The SMILES string of the molecule is Cc1cc(-c2cnc3c(NCc4ccc(-c5ccnc(C)c5)c(F)c4)cccc3n2)ccn1. The van der Waals surface area contributed by atoms with Gasteiger partial charge in [-0.05, 0) is 67.4 Å². The van der Waals surface area contributed by atoms with Crippen LogP contribution in [0.3, 0.4) is 0 Å². The summed E-state index contributed by atoms with van der Waals surface area (Å²) in [5.41, 5.74) is 8.23. The van der Waals surface area contributed by atoms with E-state index < -0.39 is 0 Å². The van der Waals surface area contributed by atoms with Gasteiger partial charge in [0, 0.05) is 41.5 Å². The van der Waals surface area contributed by atoms with Gasteiger partial charge in [-0.1, -0.05) is 18.2 Å². The Labute approximate surface area is 191 Å². The van der Waals surface area contributed by atoms with E-state index in [2.05, 4.69) is 20.3 Å². The Morgan fingerprint density at radius 1 is 0.818 bits per heavy atom. The Morgan fingerprint density at radius 2 is 1.58 bits per heavy atom. The van der Waals surface area contributed by atoms with Crippen molar-refractivity contribution in [2.45, 2.75) is 20.4 Å². The Bertz CT molecular complexity index is 1460. The number of fused-ring (bicyclic) bond motifs is 1. The number of nitrogens with one attached hydrogen (secondary N) is 1. The Morgan fingerprint density at radius 3 is 2.33 bits per heavy atom. The second kappa shape index (κ2) is 8.74. The summed E-state index contributed by atoms with van der Waals surface area (Å²) < 4.78 is 14.8. The van der Waals surface area contributed by atoms with E-state index in [9.17, 15) is 4.39 Å². The average Bonchev–Trinajstić information content (AvgIpc) is 2.82. The summed E-state index contributed by atoms with van der Waals surface area (Å²) in [5, 5.41) is 3.38. The lowest BCUT2D eigenvalue weighted by atomic mass is 10.0. The van der Waals surface area contributed by atoms with E-state index in [-0.39, 0.29) is 5.82 Å². The van der Waals surface area contributed by atoms with Crippen LogP contribution in [0.1, 0.15) is 17.0 Å². The van der Waals surface area contributed by atoms with Crippen molar-refractivity contribution in [3.63, 3.8) is 0 Å². The zero-order chi connectivity index (χ0) is 22.8. The molecule has 6 heteroatoms. The molecule has 0 atom stereocenters. The number of rotatable bonds is 5. The highest BCUT2D eigenvalue weighted by atomic mass is 19.1. The molecule has 5 aromatic rings. The Balaban J connectivity index is 1.38. The van der Waals surface area contributed by atoms with Gasteiger partial charge < -0.3 is 5.32 Å². The molecule has 0 saturated carbocycles. The molecule has 3 aromatic heterocycles. The minimum atomic E-state index is -0.255. The first-order valence-electron chi connectivity index (χ1n) is 10.7. The lowest BCUT2D eigenvalue weighted by molar-refractivity contribution is 0.629. The van der Waals surface area contributed by atoms with Crippen molar-refractivity contribution in [3.05, 3.63) is 102 Å². The average molecular weight is 436 g/mol. The van der Waals surface area contributed by atoms with Crippen LogP contribution in [0, 0.1) is 19.7 Å². The lowest BCUT2D eigenvalue weighted by Gasteiger charge is -2.11. The molecule has 162 valence electrons. The largest absolute Gasteiger partial charge is 0.379 e. The molecule has 0 aliphatic rings. The van der Waals surface area contributed by atoms with Crippen LogP contribution in [-0.2, 0) is 6.54 Å². The first-order chi connectivity index (χ1) is 16.1. The standard InChI is InChI=1S/C27H22FN5/c1-17-12-20(8-10-29-17)22-7-6-19(14-23(22)28)15-31-24-4-3-5-25-27(24)32-16-26(33-25)21-9-11-30-18(2)13-21/h3-14,16,31H,15H2,1-2H3. The van der Waals surface area contributed by atoms with E-state index in [0.29, 0.717) is 12.1 Å². The van der Waals surface area contributed by atoms with Crippen LogP contribution in [0.2, 0.25) is 0 Å². The molecular formula is C27H22FN5. The molecule has 0 saturated heterocycles. The predicted molar refractivity (Wildman–Crippen MR) is 129 cm³/mol. The quantitative estimate of drug-likeness (QED) is 0.360. The van der Waals surface area contributed by atoms with Crippen LogP contribution < -0.4 is 5.32 Å². The van der Waals surface area contributed by atoms with Crippen LogP contribution in [-0.4, -0.2) is 19.9 Å². The molecule has 5 rings (SSSR count). The molecule has 0 aliphatic carbocycles. The molecule has 0 aliphatic heterocycles. The number of hydrogen-bond acceptors (Lipinski definition) is 5. The van der Waals surface area contributed by atoms with Gasteiger partial charge in [0.2, 0.25) is 0 Å². The predicted octanol–water partition coefficient (Wildman–Crippen LogP) is 6.12. The second-order valence-corrected chi connectivity index (χ2v) is 7.97. The maximum Gasteiger partial charge on any atom is 0.131 e. The van der Waals surface area contributed by atoms with Crippen molar-refractivity contribution in [2.75, 3.05) is 5.32 Å². The fourth-order valence-corrected chi connectivity index (χ4v) is 3.84. The number of halogens is 1. The first kappa shape index (κ1) is 20.7. The van der Waals surface area contributed by atoms with Crippen LogP contribution in [0.4, 0.5) is 10.1 Å². The topological polar surface area (TPSA) is 63.6 Å². The fraction of sp³-hybridized carbons (Fsp3) is 0.111. The van der Waals surface area contributed by atoms with Crippen molar-refractivity contribution < 1.29 is 4.39 Å². The van der Waals surface area contributed by atoms with E-state index >= 15 is 0 Å². The highest BCUT2D eigenvalue weighted by Crippen LogP contribution is 2.26. The summed E-state index contributed by atoms with van der Waals surface area (Å²) >= 11 is 0. The summed E-state index contributed by atoms with van der Waals surface area (Å²) in [7, 11) is 0. The molecule has 0 bridgehead atoms. The van der Waals surface area contributed by atoms with E-state index in [1.165, 1.54) is 0 Å². The van der Waals surface area contributed by atoms with Gasteiger partial charge in [0.1, 0.15) is 11.3 Å². The molecule has 2 aromatic carbocycles. The minimum Gasteiger partial charge on any atom is -0.379 e. The smallest absolute Gasteiger partial charge is 0.131 e. The van der Waals surface area contributed by atoms with Crippen LogP contribution in [0.25, 0.3) is 33.4 Å². The normalized spacial score (nSPS) is 11.0. The number of aromatic nitrogens is 4. The first-order valence-corrected chi connectivity index (χ1v) is 10.7. The molecule has 3 heterocycles. The van der Waals surface area contributed by atoms with Crippen LogP contribution in [0.15, 0.2) is 79.3 Å². The van der Waals surface area contributed by atoms with Crippen LogP contribution in [0.5, 0.6) is 0 Å². The Kier molecular flexibility index (Phi) is 5.48. The third-order valence-electron chi connectivity index (χ3n) is 5.49. The van der Waals surface area contributed by atoms with E-state index in [1.54, 1.807) is 24.7 Å². The maximum atomic E-state index is 14.8. The molecule has 0 amide bonds. The number of pyridine rings is 2. The number of benzene rings is 2. The van der Waals surface area contributed by atoms with Gasteiger partial charge in [0.25, 0.3) is 0 Å². The van der Waals surface area contributed by atoms with Crippen molar-refractivity contribution in [3.8, 4) is 22.4 Å². The number of anilines is 1. The zero-order valence-electron chi connectivity index (χ0n) is 18.4.